The van der Waals surface area contributed by atoms with Gasteiger partial charge in [-0.05, 0) is 18.9 Å². The fourth-order valence-corrected chi connectivity index (χ4v) is 1.38. The van der Waals surface area contributed by atoms with Crippen molar-refractivity contribution in [3.8, 4) is 0 Å². The molecule has 1 aliphatic rings. The highest BCUT2D eigenvalue weighted by atomic mass is 35.5. The molecule has 68 valence electrons. The van der Waals surface area contributed by atoms with Crippen molar-refractivity contribution in [2.75, 3.05) is 6.61 Å². The minimum Gasteiger partial charge on any atom is -0.374 e. The Kier molecular flexibility index (Phi) is 4.33. The molecule has 1 rings (SSSR count). The molecular weight excluding hydrogens is 176 g/mol. The Morgan fingerprint density at radius 1 is 1.50 bits per heavy atom. The third-order valence-electron chi connectivity index (χ3n) is 2.01. The molecule has 0 bridgehead atoms. The third kappa shape index (κ3) is 3.37. The number of ether oxygens (including phenoxy) is 1. The first-order valence-corrected chi connectivity index (χ1v) is 4.65. The van der Waals surface area contributed by atoms with Gasteiger partial charge in [-0.3, -0.25) is 4.79 Å². The second-order valence-corrected chi connectivity index (χ2v) is 3.19. The maximum absolute atomic E-state index is 10.8. The lowest BCUT2D eigenvalue weighted by molar-refractivity contribution is -0.122. The lowest BCUT2D eigenvalue weighted by Gasteiger charge is -2.20. The number of hydrogen-bond donors (Lipinski definition) is 0. The Labute approximate surface area is 77.5 Å². The SMILES string of the molecule is O=C1CCC(OC/C=C/Cl)CC1. The van der Waals surface area contributed by atoms with Gasteiger partial charge in [0.1, 0.15) is 5.78 Å². The Hall–Kier alpha value is -0.340. The summed E-state index contributed by atoms with van der Waals surface area (Å²) in [5.74, 6) is 0.364. The van der Waals surface area contributed by atoms with Gasteiger partial charge in [0.15, 0.2) is 0 Å². The van der Waals surface area contributed by atoms with Crippen molar-refractivity contribution in [2.45, 2.75) is 31.8 Å². The summed E-state index contributed by atoms with van der Waals surface area (Å²) >= 11 is 5.33. The van der Waals surface area contributed by atoms with Gasteiger partial charge in [-0.2, -0.15) is 0 Å². The van der Waals surface area contributed by atoms with Crippen LogP contribution in [0, 0.1) is 0 Å². The van der Waals surface area contributed by atoms with E-state index in [1.807, 2.05) is 0 Å². The van der Waals surface area contributed by atoms with Gasteiger partial charge in [0.2, 0.25) is 0 Å². The average Bonchev–Trinajstić information content (AvgIpc) is 2.09. The first-order valence-electron chi connectivity index (χ1n) is 4.21. The van der Waals surface area contributed by atoms with Gasteiger partial charge in [-0.1, -0.05) is 11.6 Å². The van der Waals surface area contributed by atoms with E-state index in [9.17, 15) is 4.79 Å². The largest absolute Gasteiger partial charge is 0.374 e. The second kappa shape index (κ2) is 5.33. The molecule has 0 aromatic carbocycles. The van der Waals surface area contributed by atoms with Crippen LogP contribution in [0.25, 0.3) is 0 Å². The van der Waals surface area contributed by atoms with Crippen LogP contribution in [0.5, 0.6) is 0 Å². The molecule has 0 spiro atoms. The highest BCUT2D eigenvalue weighted by Gasteiger charge is 2.18. The molecule has 1 aliphatic carbocycles. The van der Waals surface area contributed by atoms with Crippen LogP contribution in [-0.4, -0.2) is 18.5 Å². The minimum atomic E-state index is 0.260. The summed E-state index contributed by atoms with van der Waals surface area (Å²) < 4.78 is 5.45. The molecule has 3 heteroatoms. The maximum atomic E-state index is 10.8. The number of halogens is 1. The number of carbonyl (C=O) groups is 1. The number of hydrogen-bond acceptors (Lipinski definition) is 2. The topological polar surface area (TPSA) is 26.3 Å². The molecule has 0 amide bonds. The van der Waals surface area contributed by atoms with Crippen LogP contribution in [0.3, 0.4) is 0 Å². The first kappa shape index (κ1) is 9.75. The molecule has 0 aliphatic heterocycles. The summed E-state index contributed by atoms with van der Waals surface area (Å²) in [6.45, 7) is 0.558. The Morgan fingerprint density at radius 3 is 2.75 bits per heavy atom. The van der Waals surface area contributed by atoms with Crippen molar-refractivity contribution < 1.29 is 9.53 Å². The van der Waals surface area contributed by atoms with Crippen molar-refractivity contribution >= 4 is 17.4 Å². The Morgan fingerprint density at radius 2 is 2.17 bits per heavy atom. The van der Waals surface area contributed by atoms with Crippen LogP contribution in [0.15, 0.2) is 11.6 Å². The smallest absolute Gasteiger partial charge is 0.133 e. The monoisotopic (exact) mass is 188 g/mol. The van der Waals surface area contributed by atoms with E-state index in [1.165, 1.54) is 5.54 Å². The molecule has 0 saturated heterocycles. The molecule has 0 unspecified atom stereocenters. The van der Waals surface area contributed by atoms with E-state index in [-0.39, 0.29) is 6.10 Å². The van der Waals surface area contributed by atoms with E-state index in [0.29, 0.717) is 25.2 Å². The van der Waals surface area contributed by atoms with Crippen LogP contribution in [0.1, 0.15) is 25.7 Å². The fourth-order valence-electron chi connectivity index (χ4n) is 1.31. The molecular formula is C9H13ClO2. The highest BCUT2D eigenvalue weighted by molar-refractivity contribution is 6.25. The van der Waals surface area contributed by atoms with E-state index in [0.717, 1.165) is 12.8 Å². The summed E-state index contributed by atoms with van der Waals surface area (Å²) in [5, 5.41) is 0. The molecule has 0 radical (unpaired) electrons. The van der Waals surface area contributed by atoms with Gasteiger partial charge in [0.25, 0.3) is 0 Å². The van der Waals surface area contributed by atoms with E-state index in [2.05, 4.69) is 0 Å². The van der Waals surface area contributed by atoms with E-state index >= 15 is 0 Å². The van der Waals surface area contributed by atoms with Crippen LogP contribution >= 0.6 is 11.6 Å². The quantitative estimate of drug-likeness (QED) is 0.679. The van der Waals surface area contributed by atoms with Crippen LogP contribution in [0.2, 0.25) is 0 Å². The summed E-state index contributed by atoms with van der Waals surface area (Å²) in [6, 6.07) is 0. The van der Waals surface area contributed by atoms with E-state index in [4.69, 9.17) is 16.3 Å². The minimum absolute atomic E-state index is 0.260. The van der Waals surface area contributed by atoms with Crippen LogP contribution in [0.4, 0.5) is 0 Å². The van der Waals surface area contributed by atoms with Gasteiger partial charge >= 0.3 is 0 Å². The highest BCUT2D eigenvalue weighted by Crippen LogP contribution is 2.17. The number of rotatable bonds is 3. The third-order valence-corrected chi connectivity index (χ3v) is 2.19. The van der Waals surface area contributed by atoms with Crippen molar-refractivity contribution in [3.05, 3.63) is 11.6 Å². The summed E-state index contributed by atoms with van der Waals surface area (Å²) in [6.07, 6.45) is 5.11. The zero-order valence-electron chi connectivity index (χ0n) is 6.96. The molecule has 1 saturated carbocycles. The Bertz CT molecular complexity index is 167. The maximum Gasteiger partial charge on any atom is 0.133 e. The Balaban J connectivity index is 2.13. The standard InChI is InChI=1S/C9H13ClO2/c10-6-1-7-12-9-4-2-8(11)3-5-9/h1,6,9H,2-5,7H2/b6-1+. The molecule has 0 aromatic rings. The number of Topliss-reactive ketones (excluding diaryl/α,β-unsaturated/α-hetero) is 1. The van der Waals surface area contributed by atoms with Crippen molar-refractivity contribution in [2.24, 2.45) is 0 Å². The predicted octanol–water partition coefficient (Wildman–Crippen LogP) is 2.27. The second-order valence-electron chi connectivity index (χ2n) is 2.93. The van der Waals surface area contributed by atoms with E-state index in [1.54, 1.807) is 6.08 Å². The molecule has 12 heavy (non-hydrogen) atoms. The number of carbonyl (C=O) groups excluding carboxylic acids is 1. The molecule has 1 fully saturated rings. The molecule has 2 nitrogen and oxygen atoms in total. The lowest BCUT2D eigenvalue weighted by atomic mass is 9.97. The van der Waals surface area contributed by atoms with Crippen LogP contribution < -0.4 is 0 Å². The average molecular weight is 189 g/mol. The summed E-state index contributed by atoms with van der Waals surface area (Å²) in [4.78, 5) is 10.8. The van der Waals surface area contributed by atoms with Gasteiger partial charge in [-0.15, -0.1) is 0 Å². The van der Waals surface area contributed by atoms with Gasteiger partial charge in [-0.25, -0.2) is 0 Å². The molecule has 0 atom stereocenters. The molecule has 0 N–H and O–H groups in total. The zero-order valence-corrected chi connectivity index (χ0v) is 7.72. The normalized spacial score (nSPS) is 20.6. The van der Waals surface area contributed by atoms with Crippen molar-refractivity contribution in [1.29, 1.82) is 0 Å². The van der Waals surface area contributed by atoms with Gasteiger partial charge in [0.05, 0.1) is 12.7 Å². The lowest BCUT2D eigenvalue weighted by Crippen LogP contribution is -2.21. The van der Waals surface area contributed by atoms with Crippen LogP contribution in [-0.2, 0) is 9.53 Å². The van der Waals surface area contributed by atoms with Gasteiger partial charge < -0.3 is 4.74 Å². The molecule has 0 aromatic heterocycles. The first-order chi connectivity index (χ1) is 5.83. The van der Waals surface area contributed by atoms with Gasteiger partial charge in [0, 0.05) is 18.4 Å². The summed E-state index contributed by atoms with van der Waals surface area (Å²) in [5.41, 5.74) is 1.45. The molecule has 0 heterocycles. The zero-order chi connectivity index (χ0) is 8.81. The van der Waals surface area contributed by atoms with E-state index < -0.39 is 0 Å². The number of ketones is 1. The van der Waals surface area contributed by atoms with Crippen molar-refractivity contribution in [3.63, 3.8) is 0 Å². The predicted molar refractivity (Wildman–Crippen MR) is 48.2 cm³/mol. The fraction of sp³-hybridized carbons (Fsp3) is 0.667. The summed E-state index contributed by atoms with van der Waals surface area (Å²) in [7, 11) is 0. The van der Waals surface area contributed by atoms with Crippen molar-refractivity contribution in [1.82, 2.24) is 0 Å².